The summed E-state index contributed by atoms with van der Waals surface area (Å²) in [5.74, 6) is 2.54. The molecule has 0 unspecified atom stereocenters. The fourth-order valence-corrected chi connectivity index (χ4v) is 3.39. The standard InChI is InChI=1S/C16H25N5/c1-3-9-21-15(17)14(13-10-18-11-20(13)2)19-16(21)12-7-5-4-6-8-12/h10-12H,3-9,17H2,1-2H3. The monoisotopic (exact) mass is 287 g/mol. The fourth-order valence-electron chi connectivity index (χ4n) is 3.39. The number of anilines is 1. The van der Waals surface area contributed by atoms with Crippen LogP contribution in [0.25, 0.3) is 11.4 Å². The van der Waals surface area contributed by atoms with Crippen molar-refractivity contribution in [2.24, 2.45) is 7.05 Å². The summed E-state index contributed by atoms with van der Waals surface area (Å²) in [6.45, 7) is 3.14. The first-order valence-electron chi connectivity index (χ1n) is 8.05. The molecule has 1 aliphatic rings. The molecule has 114 valence electrons. The van der Waals surface area contributed by atoms with Gasteiger partial charge in [0.05, 0.1) is 18.2 Å². The predicted molar refractivity (Wildman–Crippen MR) is 85.0 cm³/mol. The lowest BCUT2D eigenvalue weighted by molar-refractivity contribution is 0.415. The van der Waals surface area contributed by atoms with E-state index in [1.54, 1.807) is 6.33 Å². The van der Waals surface area contributed by atoms with Crippen molar-refractivity contribution in [3.63, 3.8) is 0 Å². The van der Waals surface area contributed by atoms with Gasteiger partial charge in [-0.3, -0.25) is 0 Å². The summed E-state index contributed by atoms with van der Waals surface area (Å²) in [6, 6.07) is 0. The van der Waals surface area contributed by atoms with Gasteiger partial charge in [-0.2, -0.15) is 0 Å². The summed E-state index contributed by atoms with van der Waals surface area (Å²) in [5.41, 5.74) is 8.31. The summed E-state index contributed by atoms with van der Waals surface area (Å²) in [6.07, 6.45) is 11.2. The van der Waals surface area contributed by atoms with E-state index in [4.69, 9.17) is 10.7 Å². The lowest BCUT2D eigenvalue weighted by Gasteiger charge is -2.22. The number of hydrogen-bond acceptors (Lipinski definition) is 3. The molecule has 0 atom stereocenters. The SMILES string of the molecule is CCCn1c(C2CCCCC2)nc(-c2cncn2C)c1N. The van der Waals surface area contributed by atoms with E-state index < -0.39 is 0 Å². The highest BCUT2D eigenvalue weighted by molar-refractivity contribution is 5.68. The minimum atomic E-state index is 0.564. The van der Waals surface area contributed by atoms with Crippen molar-refractivity contribution in [3.8, 4) is 11.4 Å². The number of hydrogen-bond donors (Lipinski definition) is 1. The molecule has 0 amide bonds. The van der Waals surface area contributed by atoms with Crippen molar-refractivity contribution >= 4 is 5.82 Å². The van der Waals surface area contributed by atoms with E-state index in [9.17, 15) is 0 Å². The van der Waals surface area contributed by atoms with Crippen LogP contribution in [0, 0.1) is 0 Å². The molecule has 5 nitrogen and oxygen atoms in total. The maximum atomic E-state index is 6.42. The number of nitrogens with two attached hydrogens (primary N) is 1. The van der Waals surface area contributed by atoms with Gasteiger partial charge in [0.2, 0.25) is 0 Å². The molecular formula is C16H25N5. The highest BCUT2D eigenvalue weighted by Crippen LogP contribution is 2.36. The van der Waals surface area contributed by atoms with Crippen LogP contribution in [0.5, 0.6) is 0 Å². The van der Waals surface area contributed by atoms with E-state index in [-0.39, 0.29) is 0 Å². The second kappa shape index (κ2) is 5.92. The summed E-state index contributed by atoms with van der Waals surface area (Å²) in [4.78, 5) is 9.13. The molecular weight excluding hydrogens is 262 g/mol. The second-order valence-electron chi connectivity index (χ2n) is 6.08. The van der Waals surface area contributed by atoms with Gasteiger partial charge in [-0.25, -0.2) is 9.97 Å². The molecule has 21 heavy (non-hydrogen) atoms. The number of nitrogens with zero attached hydrogens (tertiary/aromatic N) is 4. The number of aryl methyl sites for hydroxylation is 1. The maximum absolute atomic E-state index is 6.42. The van der Waals surface area contributed by atoms with Crippen molar-refractivity contribution in [2.45, 2.75) is 57.9 Å². The van der Waals surface area contributed by atoms with Crippen LogP contribution in [0.4, 0.5) is 5.82 Å². The molecule has 5 heteroatoms. The van der Waals surface area contributed by atoms with Crippen LogP contribution in [-0.2, 0) is 13.6 Å². The first kappa shape index (κ1) is 14.2. The van der Waals surface area contributed by atoms with E-state index >= 15 is 0 Å². The van der Waals surface area contributed by atoms with Gasteiger partial charge in [-0.05, 0) is 19.3 Å². The van der Waals surface area contributed by atoms with Crippen LogP contribution < -0.4 is 5.73 Å². The van der Waals surface area contributed by atoms with E-state index in [0.29, 0.717) is 5.92 Å². The van der Waals surface area contributed by atoms with Gasteiger partial charge in [-0.15, -0.1) is 0 Å². The van der Waals surface area contributed by atoms with Crippen LogP contribution in [0.15, 0.2) is 12.5 Å². The third kappa shape index (κ3) is 2.57. The maximum Gasteiger partial charge on any atom is 0.133 e. The Morgan fingerprint density at radius 3 is 2.67 bits per heavy atom. The summed E-state index contributed by atoms with van der Waals surface area (Å²) in [5, 5.41) is 0. The average Bonchev–Trinajstić information content (AvgIpc) is 3.05. The van der Waals surface area contributed by atoms with Gasteiger partial charge in [0, 0.05) is 19.5 Å². The molecule has 2 aromatic rings. The van der Waals surface area contributed by atoms with Crippen molar-refractivity contribution in [2.75, 3.05) is 5.73 Å². The molecule has 3 rings (SSSR count). The number of imidazole rings is 2. The van der Waals surface area contributed by atoms with Gasteiger partial charge >= 0.3 is 0 Å². The number of rotatable bonds is 4. The zero-order chi connectivity index (χ0) is 14.8. The summed E-state index contributed by atoms with van der Waals surface area (Å²) in [7, 11) is 1.99. The zero-order valence-corrected chi connectivity index (χ0v) is 13.0. The van der Waals surface area contributed by atoms with Crippen molar-refractivity contribution in [3.05, 3.63) is 18.3 Å². The Hall–Kier alpha value is -1.78. The average molecular weight is 287 g/mol. The smallest absolute Gasteiger partial charge is 0.133 e. The Balaban J connectivity index is 2.04. The topological polar surface area (TPSA) is 61.7 Å². The Kier molecular flexibility index (Phi) is 3.99. The largest absolute Gasteiger partial charge is 0.383 e. The zero-order valence-electron chi connectivity index (χ0n) is 13.0. The minimum Gasteiger partial charge on any atom is -0.383 e. The minimum absolute atomic E-state index is 0.564. The Morgan fingerprint density at radius 2 is 2.05 bits per heavy atom. The number of nitrogen functional groups attached to an aromatic ring is 1. The molecule has 0 radical (unpaired) electrons. The second-order valence-corrected chi connectivity index (χ2v) is 6.08. The van der Waals surface area contributed by atoms with Crippen LogP contribution >= 0.6 is 0 Å². The Bertz CT molecular complexity index is 604. The fraction of sp³-hybridized carbons (Fsp3) is 0.625. The first-order chi connectivity index (χ1) is 10.2. The van der Waals surface area contributed by atoms with Crippen molar-refractivity contribution in [1.29, 1.82) is 0 Å². The molecule has 1 aliphatic carbocycles. The molecule has 0 saturated heterocycles. The van der Waals surface area contributed by atoms with Crippen LogP contribution in [0.2, 0.25) is 0 Å². The normalized spacial score (nSPS) is 16.5. The van der Waals surface area contributed by atoms with E-state index in [0.717, 1.165) is 30.2 Å². The first-order valence-corrected chi connectivity index (χ1v) is 8.05. The molecule has 1 saturated carbocycles. The van der Waals surface area contributed by atoms with Crippen LogP contribution in [-0.4, -0.2) is 19.1 Å². The molecule has 0 bridgehead atoms. The highest BCUT2D eigenvalue weighted by atomic mass is 15.2. The highest BCUT2D eigenvalue weighted by Gasteiger charge is 2.25. The van der Waals surface area contributed by atoms with Gasteiger partial charge in [0.1, 0.15) is 17.3 Å². The summed E-state index contributed by atoms with van der Waals surface area (Å²) >= 11 is 0. The van der Waals surface area contributed by atoms with Crippen LogP contribution in [0.3, 0.4) is 0 Å². The Morgan fingerprint density at radius 1 is 1.29 bits per heavy atom. The third-order valence-corrected chi connectivity index (χ3v) is 4.51. The van der Waals surface area contributed by atoms with Crippen LogP contribution in [0.1, 0.15) is 57.2 Å². The van der Waals surface area contributed by atoms with Gasteiger partial charge in [0.15, 0.2) is 0 Å². The van der Waals surface area contributed by atoms with Crippen molar-refractivity contribution < 1.29 is 0 Å². The van der Waals surface area contributed by atoms with Gasteiger partial charge in [0.25, 0.3) is 0 Å². The number of aromatic nitrogens is 4. The lowest BCUT2D eigenvalue weighted by Crippen LogP contribution is -2.13. The third-order valence-electron chi connectivity index (χ3n) is 4.51. The molecule has 1 fully saturated rings. The molecule has 2 heterocycles. The molecule has 0 aliphatic heterocycles. The molecule has 2 aromatic heterocycles. The van der Waals surface area contributed by atoms with E-state index in [2.05, 4.69) is 16.5 Å². The quantitative estimate of drug-likeness (QED) is 0.938. The van der Waals surface area contributed by atoms with Gasteiger partial charge in [-0.1, -0.05) is 26.2 Å². The van der Waals surface area contributed by atoms with E-state index in [1.165, 1.54) is 37.9 Å². The molecule has 0 aromatic carbocycles. The van der Waals surface area contributed by atoms with Crippen molar-refractivity contribution in [1.82, 2.24) is 19.1 Å². The van der Waals surface area contributed by atoms with E-state index in [1.807, 2.05) is 17.8 Å². The lowest BCUT2D eigenvalue weighted by atomic mass is 9.88. The molecule has 0 spiro atoms. The van der Waals surface area contributed by atoms with Gasteiger partial charge < -0.3 is 14.9 Å². The Labute approximate surface area is 126 Å². The predicted octanol–water partition coefficient (Wildman–Crippen LogP) is 3.32. The molecule has 2 N–H and O–H groups in total. The summed E-state index contributed by atoms with van der Waals surface area (Å²) < 4.78 is 4.22.